The first-order valence-electron chi connectivity index (χ1n) is 10.6. The van der Waals surface area contributed by atoms with Gasteiger partial charge in [0.25, 0.3) is 5.91 Å². The van der Waals surface area contributed by atoms with Crippen molar-refractivity contribution < 1.29 is 35.9 Å². The lowest BCUT2D eigenvalue weighted by atomic mass is 10.0. The highest BCUT2D eigenvalue weighted by Crippen LogP contribution is 2.45. The predicted molar refractivity (Wildman–Crippen MR) is 116 cm³/mol. The molecule has 0 radical (unpaired) electrons. The van der Waals surface area contributed by atoms with Gasteiger partial charge in [-0.05, 0) is 13.0 Å². The molecule has 10 nitrogen and oxygen atoms in total. The van der Waals surface area contributed by atoms with Gasteiger partial charge in [-0.25, -0.2) is 19.6 Å². The van der Waals surface area contributed by atoms with Crippen molar-refractivity contribution >= 4 is 23.2 Å². The standard InChI is InChI=1S/C20H18F6N8O2S/c1-9-3-28-6-12(34(9)14(35)7-33-8-31-17(32-33)16(27)36)15-11(2-13(37-15)19(21,22)23)10-4-29-18(30-5-10)20(24,25)26/h2,4-5,8-9,12,28H,3,6-7H2,1H3,(H2,27,36). The summed E-state index contributed by atoms with van der Waals surface area (Å²) in [6.45, 7) is 1.72. The number of thiophene rings is 1. The lowest BCUT2D eigenvalue weighted by molar-refractivity contribution is -0.145. The topological polar surface area (TPSA) is 132 Å². The zero-order valence-corrected chi connectivity index (χ0v) is 19.7. The maximum atomic E-state index is 13.6. The average Bonchev–Trinajstić information content (AvgIpc) is 3.46. The fourth-order valence-electron chi connectivity index (χ4n) is 3.91. The van der Waals surface area contributed by atoms with Crippen molar-refractivity contribution in [2.24, 2.45) is 5.73 Å². The third-order valence-electron chi connectivity index (χ3n) is 5.49. The van der Waals surface area contributed by atoms with Crippen molar-refractivity contribution in [1.29, 1.82) is 0 Å². The summed E-state index contributed by atoms with van der Waals surface area (Å²) in [6.07, 6.45) is -6.84. The molecule has 3 aromatic rings. The van der Waals surface area contributed by atoms with Crippen LogP contribution in [0.2, 0.25) is 0 Å². The molecule has 37 heavy (non-hydrogen) atoms. The van der Waals surface area contributed by atoms with Crippen LogP contribution >= 0.6 is 11.3 Å². The second-order valence-corrected chi connectivity index (χ2v) is 9.22. The molecule has 17 heteroatoms. The molecule has 4 heterocycles. The maximum absolute atomic E-state index is 13.6. The molecule has 3 aromatic heterocycles. The minimum absolute atomic E-state index is 0.0403. The van der Waals surface area contributed by atoms with Crippen molar-refractivity contribution in [3.8, 4) is 11.1 Å². The summed E-state index contributed by atoms with van der Waals surface area (Å²) < 4.78 is 80.7. The van der Waals surface area contributed by atoms with Gasteiger partial charge in [-0.1, -0.05) is 0 Å². The third kappa shape index (κ3) is 5.56. The Morgan fingerprint density at radius 1 is 1.11 bits per heavy atom. The van der Waals surface area contributed by atoms with E-state index >= 15 is 0 Å². The third-order valence-corrected chi connectivity index (χ3v) is 6.77. The minimum Gasteiger partial charge on any atom is -0.363 e. The molecule has 0 bridgehead atoms. The van der Waals surface area contributed by atoms with Crippen LogP contribution in [0.15, 0.2) is 24.8 Å². The van der Waals surface area contributed by atoms with E-state index in [-0.39, 0.29) is 34.9 Å². The summed E-state index contributed by atoms with van der Waals surface area (Å²) in [5, 5.41) is 6.87. The second-order valence-electron chi connectivity index (χ2n) is 8.13. The number of piperazine rings is 1. The number of hydrogen-bond acceptors (Lipinski definition) is 8. The number of primary amides is 1. The molecule has 1 saturated heterocycles. The Kier molecular flexibility index (Phi) is 6.93. The SMILES string of the molecule is CC1CNCC(c2sc(C(F)(F)F)cc2-c2cnc(C(F)(F)F)nc2)N1C(=O)Cn1cnc(C(N)=O)n1. The van der Waals surface area contributed by atoms with Gasteiger partial charge in [0.1, 0.15) is 17.7 Å². The van der Waals surface area contributed by atoms with E-state index in [4.69, 9.17) is 5.73 Å². The van der Waals surface area contributed by atoms with Crippen molar-refractivity contribution in [3.05, 3.63) is 46.2 Å². The van der Waals surface area contributed by atoms with E-state index < -0.39 is 47.0 Å². The van der Waals surface area contributed by atoms with E-state index in [1.165, 1.54) is 4.90 Å². The van der Waals surface area contributed by atoms with E-state index in [1.54, 1.807) is 6.92 Å². The van der Waals surface area contributed by atoms with Gasteiger partial charge in [-0.15, -0.1) is 16.4 Å². The Bertz CT molecular complexity index is 1300. The first-order valence-corrected chi connectivity index (χ1v) is 11.4. The Balaban J connectivity index is 1.73. The van der Waals surface area contributed by atoms with Crippen LogP contribution in [0, 0.1) is 0 Å². The van der Waals surface area contributed by atoms with Gasteiger partial charge in [0.2, 0.25) is 17.6 Å². The Hall–Kier alpha value is -3.60. The molecule has 1 aliphatic rings. The molecule has 1 aliphatic heterocycles. The largest absolute Gasteiger partial charge is 0.451 e. The van der Waals surface area contributed by atoms with Gasteiger partial charge < -0.3 is 16.0 Å². The summed E-state index contributed by atoms with van der Waals surface area (Å²) in [5.74, 6) is -3.18. The molecule has 0 spiro atoms. The number of carbonyl (C=O) groups is 2. The highest BCUT2D eigenvalue weighted by Gasteiger charge is 2.40. The molecule has 2 atom stereocenters. The zero-order chi connectivity index (χ0) is 27.1. The lowest BCUT2D eigenvalue weighted by Gasteiger charge is -2.41. The maximum Gasteiger partial charge on any atom is 0.451 e. The Morgan fingerprint density at radius 3 is 2.35 bits per heavy atom. The highest BCUT2D eigenvalue weighted by molar-refractivity contribution is 7.12. The number of alkyl halides is 6. The Labute approximate surface area is 208 Å². The van der Waals surface area contributed by atoms with Crippen molar-refractivity contribution in [2.75, 3.05) is 13.1 Å². The molecular weight excluding hydrogens is 530 g/mol. The summed E-state index contributed by atoms with van der Waals surface area (Å²) in [6, 6.07) is -0.572. The molecule has 0 saturated carbocycles. The Morgan fingerprint density at radius 2 is 1.78 bits per heavy atom. The van der Waals surface area contributed by atoms with Crippen LogP contribution < -0.4 is 11.1 Å². The first-order chi connectivity index (χ1) is 17.3. The number of hydrogen-bond donors (Lipinski definition) is 2. The predicted octanol–water partition coefficient (Wildman–Crippen LogP) is 2.49. The molecule has 4 rings (SSSR count). The highest BCUT2D eigenvalue weighted by atomic mass is 32.1. The summed E-state index contributed by atoms with van der Waals surface area (Å²) >= 11 is 0.382. The van der Waals surface area contributed by atoms with Gasteiger partial charge >= 0.3 is 12.4 Å². The van der Waals surface area contributed by atoms with Crippen molar-refractivity contribution in [1.82, 2.24) is 34.9 Å². The quantitative estimate of drug-likeness (QED) is 0.469. The van der Waals surface area contributed by atoms with Crippen LogP contribution in [0.25, 0.3) is 11.1 Å². The number of aromatic nitrogens is 5. The van der Waals surface area contributed by atoms with Crippen LogP contribution in [-0.4, -0.2) is 60.6 Å². The summed E-state index contributed by atoms with van der Waals surface area (Å²) in [5.41, 5.74) is 5.01. The number of nitrogens with one attached hydrogen (secondary N) is 1. The molecule has 198 valence electrons. The monoisotopic (exact) mass is 548 g/mol. The van der Waals surface area contributed by atoms with Crippen molar-refractivity contribution in [3.63, 3.8) is 0 Å². The van der Waals surface area contributed by atoms with E-state index in [1.807, 2.05) is 0 Å². The van der Waals surface area contributed by atoms with E-state index in [2.05, 4.69) is 25.4 Å². The van der Waals surface area contributed by atoms with Crippen molar-refractivity contribution in [2.45, 2.75) is 37.9 Å². The lowest BCUT2D eigenvalue weighted by Crippen LogP contribution is -2.54. The molecular formula is C20H18F6N8O2S. The van der Waals surface area contributed by atoms with E-state index in [0.29, 0.717) is 17.9 Å². The number of carbonyl (C=O) groups excluding carboxylic acids is 2. The van der Waals surface area contributed by atoms with Gasteiger partial charge in [-0.2, -0.15) is 26.3 Å². The molecule has 0 aromatic carbocycles. The van der Waals surface area contributed by atoms with Crippen LogP contribution in [0.5, 0.6) is 0 Å². The smallest absolute Gasteiger partial charge is 0.363 e. The van der Waals surface area contributed by atoms with Gasteiger partial charge in [0, 0.05) is 47.5 Å². The number of rotatable bonds is 5. The molecule has 2 amide bonds. The van der Waals surface area contributed by atoms with E-state index in [9.17, 15) is 35.9 Å². The fraction of sp³-hybridized carbons (Fsp3) is 0.400. The first kappa shape index (κ1) is 26.5. The van der Waals surface area contributed by atoms with Gasteiger partial charge in [0.15, 0.2) is 0 Å². The number of nitrogens with two attached hydrogens (primary N) is 1. The fourth-order valence-corrected chi connectivity index (χ4v) is 5.06. The number of amides is 2. The van der Waals surface area contributed by atoms with Crippen LogP contribution in [0.4, 0.5) is 26.3 Å². The molecule has 3 N–H and O–H groups in total. The molecule has 1 fully saturated rings. The normalized spacial score (nSPS) is 18.7. The zero-order valence-electron chi connectivity index (χ0n) is 18.8. The van der Waals surface area contributed by atoms with Crippen LogP contribution in [0.3, 0.4) is 0 Å². The molecule has 0 aliphatic carbocycles. The van der Waals surface area contributed by atoms with Gasteiger partial charge in [0.05, 0.1) is 6.04 Å². The second kappa shape index (κ2) is 9.70. The minimum atomic E-state index is -4.82. The molecule has 2 unspecified atom stereocenters. The van der Waals surface area contributed by atoms with E-state index in [0.717, 1.165) is 29.5 Å². The summed E-state index contributed by atoms with van der Waals surface area (Å²) in [7, 11) is 0. The average molecular weight is 548 g/mol. The van der Waals surface area contributed by atoms with Crippen LogP contribution in [-0.2, 0) is 23.7 Å². The van der Waals surface area contributed by atoms with Gasteiger partial charge in [-0.3, -0.25) is 9.59 Å². The van der Waals surface area contributed by atoms with Crippen LogP contribution in [0.1, 0.15) is 39.2 Å². The summed E-state index contributed by atoms with van der Waals surface area (Å²) in [4.78, 5) is 35.2. The number of halogens is 6. The number of nitrogens with zero attached hydrogens (tertiary/aromatic N) is 6.